The van der Waals surface area contributed by atoms with Crippen LogP contribution < -0.4 is 0 Å². The number of hydrogen-bond acceptors (Lipinski definition) is 4. The summed E-state index contributed by atoms with van der Waals surface area (Å²) in [6, 6.07) is 0. The quantitative estimate of drug-likeness (QED) is 0.432. The average Bonchev–Trinajstić information content (AvgIpc) is 1.63. The van der Waals surface area contributed by atoms with Crippen LogP contribution >= 0.6 is 0 Å². The van der Waals surface area contributed by atoms with Gasteiger partial charge in [0.1, 0.15) is 12.4 Å². The molecule has 0 saturated carbocycles. The molecule has 0 amide bonds. The van der Waals surface area contributed by atoms with Crippen molar-refractivity contribution < 1.29 is 17.2 Å². The molecule has 0 aromatic carbocycles. The Balaban J connectivity index is 3.10. The lowest BCUT2D eigenvalue weighted by Crippen LogP contribution is -2.09. The van der Waals surface area contributed by atoms with Crippen LogP contribution in [0.25, 0.3) is 0 Å². The van der Waals surface area contributed by atoms with E-state index in [1.54, 1.807) is 0 Å². The Hall–Kier alpha value is 0.220. The molecule has 0 radical (unpaired) electrons. The van der Waals surface area contributed by atoms with Gasteiger partial charge in [0.05, 0.1) is 6.26 Å². The molecule has 0 saturated heterocycles. The largest absolute Gasteiger partial charge is 0.616 e. The van der Waals surface area contributed by atoms with Gasteiger partial charge in [0, 0.05) is 0 Å². The summed E-state index contributed by atoms with van der Waals surface area (Å²) < 4.78 is 33.8. The van der Waals surface area contributed by atoms with Crippen molar-refractivity contribution in [1.82, 2.24) is 0 Å². The third-order valence-electron chi connectivity index (χ3n) is 0.567. The Labute approximate surface area is 58.5 Å². The molecular weight excluding hydrogens is 164 g/mol. The van der Waals surface area contributed by atoms with Crippen LogP contribution in [0, 0.1) is 0 Å². The Morgan fingerprint density at radius 3 is 2.56 bits per heavy atom. The molecule has 0 aromatic rings. The van der Waals surface area contributed by atoms with E-state index in [1.807, 2.05) is 0 Å². The average molecular weight is 172 g/mol. The molecule has 0 bridgehead atoms. The van der Waals surface area contributed by atoms with Gasteiger partial charge in [-0.3, -0.25) is 4.18 Å². The topological polar surface area (TPSA) is 66.4 Å². The van der Waals surface area contributed by atoms with Gasteiger partial charge in [-0.05, 0) is 0 Å². The van der Waals surface area contributed by atoms with E-state index >= 15 is 0 Å². The molecule has 0 spiro atoms. The van der Waals surface area contributed by atoms with E-state index in [-0.39, 0.29) is 12.4 Å². The van der Waals surface area contributed by atoms with Gasteiger partial charge in [-0.15, -0.1) is 0 Å². The van der Waals surface area contributed by atoms with Gasteiger partial charge in [0.25, 0.3) is 11.0 Å². The van der Waals surface area contributed by atoms with Gasteiger partial charge < -0.3 is 4.55 Å². The van der Waals surface area contributed by atoms with Gasteiger partial charge in [-0.25, -0.2) is 8.42 Å². The molecule has 0 aromatic heterocycles. The monoisotopic (exact) mass is 172 g/mol. The standard InChI is InChI=1S/C3H8O4S2/c1-8(4)3-2-7-9(5)6/h9H,2-3H2,1H3. The van der Waals surface area contributed by atoms with Crippen molar-refractivity contribution in [3.05, 3.63) is 0 Å². The number of hydrogen-bond donors (Lipinski definition) is 1. The lowest BCUT2D eigenvalue weighted by Gasteiger charge is -2.00. The lowest BCUT2D eigenvalue weighted by molar-refractivity contribution is 0.355. The third-order valence-corrected chi connectivity index (χ3v) is 1.70. The first-order chi connectivity index (χ1) is 4.13. The molecule has 4 nitrogen and oxygen atoms in total. The SMILES string of the molecule is C[S+]([O-])CCO[SH](=O)=O. The van der Waals surface area contributed by atoms with E-state index in [0.717, 1.165) is 0 Å². The van der Waals surface area contributed by atoms with Crippen molar-refractivity contribution in [2.45, 2.75) is 0 Å². The van der Waals surface area contributed by atoms with Crippen LogP contribution in [0.2, 0.25) is 0 Å². The molecular formula is C3H8O4S2. The zero-order chi connectivity index (χ0) is 7.28. The lowest BCUT2D eigenvalue weighted by atomic mass is 10.9. The van der Waals surface area contributed by atoms with E-state index in [9.17, 15) is 13.0 Å². The molecule has 9 heavy (non-hydrogen) atoms. The molecule has 56 valence electrons. The highest BCUT2D eigenvalue weighted by atomic mass is 32.2. The highest BCUT2D eigenvalue weighted by Gasteiger charge is 1.95. The summed E-state index contributed by atoms with van der Waals surface area (Å²) in [4.78, 5) is 0. The van der Waals surface area contributed by atoms with E-state index in [4.69, 9.17) is 0 Å². The summed E-state index contributed by atoms with van der Waals surface area (Å²) in [7, 11) is -2.77. The van der Waals surface area contributed by atoms with Crippen molar-refractivity contribution in [3.63, 3.8) is 0 Å². The zero-order valence-electron chi connectivity index (χ0n) is 4.90. The van der Waals surface area contributed by atoms with Gasteiger partial charge in [-0.2, -0.15) is 0 Å². The number of thiol groups is 1. The number of rotatable bonds is 4. The minimum absolute atomic E-state index is 0.0157. The maximum atomic E-state index is 10.3. The van der Waals surface area contributed by atoms with E-state index in [0.29, 0.717) is 0 Å². The summed E-state index contributed by atoms with van der Waals surface area (Å²) in [5.41, 5.74) is 0. The third kappa shape index (κ3) is 8.22. The molecule has 0 heterocycles. The maximum absolute atomic E-state index is 10.3. The smallest absolute Gasteiger partial charge is 0.257 e. The minimum Gasteiger partial charge on any atom is -0.616 e. The summed E-state index contributed by atoms with van der Waals surface area (Å²) >= 11 is -0.974. The van der Waals surface area contributed by atoms with Crippen molar-refractivity contribution in [2.75, 3.05) is 18.6 Å². The van der Waals surface area contributed by atoms with Crippen LogP contribution in [0.4, 0.5) is 0 Å². The molecule has 0 N–H and O–H groups in total. The van der Waals surface area contributed by atoms with Gasteiger partial charge in [0.2, 0.25) is 0 Å². The van der Waals surface area contributed by atoms with Gasteiger partial charge in [0.15, 0.2) is 0 Å². The van der Waals surface area contributed by atoms with E-state index in [2.05, 4.69) is 4.18 Å². The summed E-state index contributed by atoms with van der Waals surface area (Å²) in [5, 5.41) is 0. The second-order valence-corrected chi connectivity index (χ2v) is 3.59. The first kappa shape index (κ1) is 9.22. The van der Waals surface area contributed by atoms with Gasteiger partial charge >= 0.3 is 0 Å². The van der Waals surface area contributed by atoms with Crippen LogP contribution in [0.3, 0.4) is 0 Å². The summed E-state index contributed by atoms with van der Waals surface area (Å²) in [6.07, 6.45) is 1.49. The molecule has 0 rings (SSSR count). The Bertz CT molecular complexity index is 122. The predicted molar refractivity (Wildman–Crippen MR) is 35.2 cm³/mol. The Morgan fingerprint density at radius 1 is 1.67 bits per heavy atom. The van der Waals surface area contributed by atoms with Crippen LogP contribution in [0.5, 0.6) is 0 Å². The first-order valence-corrected chi connectivity index (χ1v) is 5.02. The molecule has 0 aliphatic rings. The minimum atomic E-state index is -2.77. The van der Waals surface area contributed by atoms with E-state index < -0.39 is 22.2 Å². The first-order valence-electron chi connectivity index (χ1n) is 2.20. The van der Waals surface area contributed by atoms with Crippen molar-refractivity contribution in [3.8, 4) is 0 Å². The highest BCUT2D eigenvalue weighted by molar-refractivity contribution is 7.90. The molecule has 1 atom stereocenters. The van der Waals surface area contributed by atoms with Crippen molar-refractivity contribution in [2.24, 2.45) is 0 Å². The Kier molecular flexibility index (Phi) is 5.16. The van der Waals surface area contributed by atoms with Crippen LogP contribution in [0.15, 0.2) is 0 Å². The normalized spacial score (nSPS) is 14.1. The molecule has 1 unspecified atom stereocenters. The highest BCUT2D eigenvalue weighted by Crippen LogP contribution is 1.82. The Morgan fingerprint density at radius 2 is 2.22 bits per heavy atom. The summed E-state index contributed by atoms with van der Waals surface area (Å²) in [6.45, 7) is 0.0157. The van der Waals surface area contributed by atoms with Crippen molar-refractivity contribution >= 4 is 22.2 Å². The van der Waals surface area contributed by atoms with Crippen LogP contribution in [-0.2, 0) is 26.3 Å². The summed E-state index contributed by atoms with van der Waals surface area (Å²) in [5.74, 6) is 0.267. The molecule has 0 fully saturated rings. The van der Waals surface area contributed by atoms with Crippen LogP contribution in [0.1, 0.15) is 0 Å². The second-order valence-electron chi connectivity index (χ2n) is 1.33. The van der Waals surface area contributed by atoms with Crippen LogP contribution in [-0.4, -0.2) is 31.6 Å². The fourth-order valence-electron chi connectivity index (χ4n) is 0.229. The molecule has 6 heteroatoms. The van der Waals surface area contributed by atoms with E-state index in [1.165, 1.54) is 6.26 Å². The fraction of sp³-hybridized carbons (Fsp3) is 1.00. The molecule has 0 aliphatic carbocycles. The van der Waals surface area contributed by atoms with Crippen molar-refractivity contribution in [1.29, 1.82) is 0 Å². The molecule has 0 aliphatic heterocycles. The van der Waals surface area contributed by atoms with Gasteiger partial charge in [-0.1, -0.05) is 11.2 Å². The maximum Gasteiger partial charge on any atom is 0.257 e. The predicted octanol–water partition coefficient (Wildman–Crippen LogP) is -1.09. The fourth-order valence-corrected chi connectivity index (χ4v) is 0.911. The zero-order valence-corrected chi connectivity index (χ0v) is 6.61. The second kappa shape index (κ2) is 5.04.